The number of aromatic nitrogens is 3. The molecule has 1 fully saturated rings. The quantitative estimate of drug-likeness (QED) is 0.319. The Kier molecular flexibility index (Phi) is 5.55. The molecule has 4 heterocycles. The molecule has 0 radical (unpaired) electrons. The number of halogens is 1. The van der Waals surface area contributed by atoms with Crippen LogP contribution in [0.25, 0.3) is 11.0 Å². The van der Waals surface area contributed by atoms with Gasteiger partial charge in [-0.05, 0) is 24.6 Å². The summed E-state index contributed by atoms with van der Waals surface area (Å²) in [6.07, 6.45) is 4.35. The van der Waals surface area contributed by atoms with E-state index in [0.717, 1.165) is 0 Å². The monoisotopic (exact) mass is 464 g/mol. The Morgan fingerprint density at radius 2 is 2.28 bits per heavy atom. The van der Waals surface area contributed by atoms with Crippen molar-refractivity contribution in [3.63, 3.8) is 0 Å². The average molecular weight is 465 g/mol. The van der Waals surface area contributed by atoms with Crippen molar-refractivity contribution < 1.29 is 32.9 Å². The fourth-order valence-electron chi connectivity index (χ4n) is 3.41. The van der Waals surface area contributed by atoms with Crippen LogP contribution in [0.4, 0.5) is 10.6 Å². The number of aliphatic hydroxyl groups is 1. The second-order valence-electron chi connectivity index (χ2n) is 6.92. The molecule has 0 aliphatic carbocycles. The molecule has 3 aromatic rings. The number of carbonyl (C=O) groups excluding carboxylic acids is 1. The maximum atomic E-state index is 12.2. The number of terminal acetylenes is 1. The van der Waals surface area contributed by atoms with Crippen molar-refractivity contribution in [3.8, 4) is 12.3 Å². The first-order chi connectivity index (χ1) is 15.3. The summed E-state index contributed by atoms with van der Waals surface area (Å²) >= 11 is 5.92. The van der Waals surface area contributed by atoms with Crippen LogP contribution in [0.15, 0.2) is 25.9 Å². The minimum Gasteiger partial charge on any atom is -0.427 e. The first-order valence-corrected chi connectivity index (χ1v) is 9.63. The summed E-state index contributed by atoms with van der Waals surface area (Å²) in [5.41, 5.74) is 4.62. The summed E-state index contributed by atoms with van der Waals surface area (Å²) in [6.45, 7) is 0.445. The van der Waals surface area contributed by atoms with Gasteiger partial charge in [0, 0.05) is 12.6 Å². The molecule has 3 aromatic heterocycles. The van der Waals surface area contributed by atoms with Gasteiger partial charge in [0.05, 0.1) is 12.0 Å². The zero-order valence-corrected chi connectivity index (χ0v) is 17.4. The lowest BCUT2D eigenvalue weighted by Gasteiger charge is -2.26. The van der Waals surface area contributed by atoms with Gasteiger partial charge in [-0.15, -0.1) is 6.42 Å². The topological polar surface area (TPSA) is 165 Å². The molecule has 0 unspecified atom stereocenters. The summed E-state index contributed by atoms with van der Waals surface area (Å²) in [5.74, 6) is 1.82. The van der Waals surface area contributed by atoms with E-state index < -0.39 is 43.1 Å². The number of aryl methyl sites for hydroxylation is 1. The van der Waals surface area contributed by atoms with E-state index in [9.17, 15) is 14.7 Å². The maximum Gasteiger partial charge on any atom is 0.519 e. The number of nitrogen functional groups attached to an aromatic ring is 1. The molecule has 0 bridgehead atoms. The van der Waals surface area contributed by atoms with Crippen LogP contribution in [0.5, 0.6) is 0 Å². The smallest absolute Gasteiger partial charge is 0.427 e. The molecule has 32 heavy (non-hydrogen) atoms. The normalized spacial score (nSPS) is 22.7. The van der Waals surface area contributed by atoms with E-state index in [1.165, 1.54) is 6.92 Å². The van der Waals surface area contributed by atoms with E-state index in [-0.39, 0.29) is 29.0 Å². The molecule has 12 nitrogen and oxygen atoms in total. The number of ether oxygens (including phenoxy) is 3. The van der Waals surface area contributed by atoms with Crippen LogP contribution in [0, 0.1) is 19.3 Å². The van der Waals surface area contributed by atoms with Crippen molar-refractivity contribution >= 4 is 34.6 Å². The van der Waals surface area contributed by atoms with Gasteiger partial charge in [-0.2, -0.15) is 4.98 Å². The Labute approximate surface area is 184 Å². The third-order valence-electron chi connectivity index (χ3n) is 5.04. The van der Waals surface area contributed by atoms with Gasteiger partial charge < -0.3 is 38.5 Å². The van der Waals surface area contributed by atoms with Gasteiger partial charge in [-0.1, -0.05) is 5.92 Å². The number of nitrogens with two attached hydrogens (primary N) is 1. The molecular weight excluding hydrogens is 448 g/mol. The van der Waals surface area contributed by atoms with Crippen molar-refractivity contribution in [2.24, 2.45) is 0 Å². The Hall–Kier alpha value is -3.53. The zero-order chi connectivity index (χ0) is 23.0. The van der Waals surface area contributed by atoms with Gasteiger partial charge in [0.25, 0.3) is 0 Å². The van der Waals surface area contributed by atoms with E-state index in [4.69, 9.17) is 46.8 Å². The molecule has 168 valence electrons. The molecule has 3 atom stereocenters. The zero-order valence-electron chi connectivity index (χ0n) is 16.6. The SMILES string of the molecule is C#C[C@]1(CO)O[C@@H](n2ccc3c(N)nc(Cl)nc32)C[C@@H]1OC(=O)OCc1oc(=O)oc1C. The largest absolute Gasteiger partial charge is 0.519 e. The molecule has 0 amide bonds. The highest BCUT2D eigenvalue weighted by molar-refractivity contribution is 6.28. The van der Waals surface area contributed by atoms with Gasteiger partial charge in [0.15, 0.2) is 29.8 Å². The van der Waals surface area contributed by atoms with E-state index >= 15 is 0 Å². The maximum absolute atomic E-state index is 12.2. The Bertz CT molecular complexity index is 1270. The van der Waals surface area contributed by atoms with E-state index in [1.54, 1.807) is 16.8 Å². The molecular formula is C19H17ClN4O8. The summed E-state index contributed by atoms with van der Waals surface area (Å²) in [6, 6.07) is 1.67. The summed E-state index contributed by atoms with van der Waals surface area (Å²) in [7, 11) is 0. The molecule has 13 heteroatoms. The summed E-state index contributed by atoms with van der Waals surface area (Å²) in [5, 5.41) is 10.4. The van der Waals surface area contributed by atoms with Crippen LogP contribution in [-0.2, 0) is 20.8 Å². The average Bonchev–Trinajstić information content (AvgIpc) is 3.41. The van der Waals surface area contributed by atoms with Crippen LogP contribution >= 0.6 is 11.6 Å². The summed E-state index contributed by atoms with van der Waals surface area (Å²) in [4.78, 5) is 31.4. The number of fused-ring (bicyclic) bond motifs is 1. The lowest BCUT2D eigenvalue weighted by atomic mass is 9.99. The van der Waals surface area contributed by atoms with Gasteiger partial charge in [0.1, 0.15) is 17.7 Å². The van der Waals surface area contributed by atoms with Crippen LogP contribution in [-0.4, -0.2) is 44.1 Å². The van der Waals surface area contributed by atoms with Gasteiger partial charge in [-0.3, -0.25) is 0 Å². The number of hydrogen-bond donors (Lipinski definition) is 2. The molecule has 0 aromatic carbocycles. The lowest BCUT2D eigenvalue weighted by molar-refractivity contribution is -0.0982. The predicted molar refractivity (Wildman–Crippen MR) is 107 cm³/mol. The molecule has 1 aliphatic rings. The second-order valence-corrected chi connectivity index (χ2v) is 7.26. The fraction of sp³-hybridized carbons (Fsp3) is 0.368. The molecule has 1 saturated heterocycles. The molecule has 4 rings (SSSR count). The molecule has 1 aliphatic heterocycles. The molecule has 3 N–H and O–H groups in total. The Balaban J connectivity index is 1.53. The number of anilines is 1. The Morgan fingerprint density at radius 3 is 2.94 bits per heavy atom. The standard InChI is InChI=1S/C19H17ClN4O8/c1-3-19(8-25)12(31-17(26)28-7-11-9(2)29-18(27)30-11)6-13(32-19)24-5-4-10-14(21)22-16(20)23-15(10)24/h1,4-5,12-13,25H,6-8H2,2H3,(H2,21,22,23)/t12-,13+,19+/m0/s1. The van der Waals surface area contributed by atoms with Crippen LogP contribution < -0.4 is 11.6 Å². The second kappa shape index (κ2) is 8.19. The number of rotatable bonds is 5. The third kappa shape index (κ3) is 3.77. The first kappa shape index (κ1) is 21.7. The minimum absolute atomic E-state index is 0.0332. The highest BCUT2D eigenvalue weighted by atomic mass is 35.5. The predicted octanol–water partition coefficient (Wildman–Crippen LogP) is 1.53. The third-order valence-corrected chi connectivity index (χ3v) is 5.21. The van der Waals surface area contributed by atoms with Crippen molar-refractivity contribution in [2.75, 3.05) is 12.3 Å². The molecule has 0 spiro atoms. The van der Waals surface area contributed by atoms with E-state index in [0.29, 0.717) is 11.0 Å². The van der Waals surface area contributed by atoms with Crippen molar-refractivity contribution in [1.29, 1.82) is 0 Å². The lowest BCUT2D eigenvalue weighted by Crippen LogP contribution is -2.44. The van der Waals surface area contributed by atoms with E-state index in [1.807, 2.05) is 0 Å². The Morgan fingerprint density at radius 1 is 1.50 bits per heavy atom. The number of carbonyl (C=O) groups is 1. The number of hydrogen-bond acceptors (Lipinski definition) is 11. The minimum atomic E-state index is -1.64. The first-order valence-electron chi connectivity index (χ1n) is 9.25. The van der Waals surface area contributed by atoms with Gasteiger partial charge in [-0.25, -0.2) is 14.6 Å². The highest BCUT2D eigenvalue weighted by Crippen LogP contribution is 2.40. The van der Waals surface area contributed by atoms with Crippen LogP contribution in [0.1, 0.15) is 24.2 Å². The van der Waals surface area contributed by atoms with Crippen LogP contribution in [0.3, 0.4) is 0 Å². The van der Waals surface area contributed by atoms with Crippen molar-refractivity contribution in [1.82, 2.24) is 14.5 Å². The van der Waals surface area contributed by atoms with Crippen molar-refractivity contribution in [2.45, 2.75) is 37.9 Å². The number of aliphatic hydroxyl groups excluding tert-OH is 1. The van der Waals surface area contributed by atoms with Gasteiger partial charge in [0.2, 0.25) is 5.28 Å². The molecule has 0 saturated carbocycles. The van der Waals surface area contributed by atoms with Gasteiger partial charge >= 0.3 is 12.0 Å². The fourth-order valence-corrected chi connectivity index (χ4v) is 3.58. The highest BCUT2D eigenvalue weighted by Gasteiger charge is 2.51. The summed E-state index contributed by atoms with van der Waals surface area (Å²) < 4.78 is 27.2. The van der Waals surface area contributed by atoms with Crippen LogP contribution in [0.2, 0.25) is 5.28 Å². The van der Waals surface area contributed by atoms with Crippen molar-refractivity contribution in [3.05, 3.63) is 39.7 Å². The number of nitrogens with zero attached hydrogens (tertiary/aromatic N) is 3. The van der Waals surface area contributed by atoms with E-state index in [2.05, 4.69) is 15.9 Å².